The molecule has 3 aromatic carbocycles. The molecule has 8 nitrogen and oxygen atoms in total. The Bertz CT molecular complexity index is 1360. The molecule has 9 heteroatoms. The number of ether oxygens (including phenoxy) is 1. The molecule has 0 saturated carbocycles. The summed E-state index contributed by atoms with van der Waals surface area (Å²) in [6.07, 6.45) is 0. The number of aryl methyl sites for hydroxylation is 2. The first-order valence-corrected chi connectivity index (χ1v) is 13.3. The van der Waals surface area contributed by atoms with Crippen LogP contribution in [0.2, 0.25) is 0 Å². The van der Waals surface area contributed by atoms with Crippen molar-refractivity contribution in [3.63, 3.8) is 0 Å². The van der Waals surface area contributed by atoms with Gasteiger partial charge in [-0.15, -0.1) is 0 Å². The second kappa shape index (κ2) is 12.5. The second-order valence-corrected chi connectivity index (χ2v) is 9.79. The monoisotopic (exact) mass is 544 g/mol. The maximum absolute atomic E-state index is 12.9. The number of amides is 2. The third kappa shape index (κ3) is 7.00. The highest BCUT2D eigenvalue weighted by Crippen LogP contribution is 2.29. The first kappa shape index (κ1) is 27.8. The summed E-state index contributed by atoms with van der Waals surface area (Å²) in [6.45, 7) is 8.13. The van der Waals surface area contributed by atoms with Crippen LogP contribution in [0.4, 0.5) is 11.4 Å². The van der Waals surface area contributed by atoms with Crippen molar-refractivity contribution in [1.29, 1.82) is 0 Å². The predicted octanol–water partition coefficient (Wildman–Crippen LogP) is 4.57. The van der Waals surface area contributed by atoms with Crippen LogP contribution in [-0.4, -0.2) is 60.6 Å². The van der Waals surface area contributed by atoms with Crippen LogP contribution in [0.25, 0.3) is 0 Å². The summed E-state index contributed by atoms with van der Waals surface area (Å²) in [7, 11) is 0. The number of anilines is 2. The van der Waals surface area contributed by atoms with E-state index in [4.69, 9.17) is 17.0 Å². The number of benzene rings is 3. The fraction of sp³-hybridized carbons (Fsp3) is 0.267. The Kier molecular flexibility index (Phi) is 8.93. The van der Waals surface area contributed by atoms with Crippen molar-refractivity contribution in [3.05, 3.63) is 94.5 Å². The van der Waals surface area contributed by atoms with Crippen LogP contribution in [0.5, 0.6) is 0 Å². The van der Waals surface area contributed by atoms with Crippen LogP contribution in [0.3, 0.4) is 0 Å². The predicted molar refractivity (Wildman–Crippen MR) is 157 cm³/mol. The van der Waals surface area contributed by atoms with Crippen LogP contribution < -0.4 is 15.5 Å². The summed E-state index contributed by atoms with van der Waals surface area (Å²) in [5.41, 5.74) is 4.87. The van der Waals surface area contributed by atoms with Crippen molar-refractivity contribution < 1.29 is 19.1 Å². The zero-order valence-corrected chi connectivity index (χ0v) is 23.1. The van der Waals surface area contributed by atoms with Gasteiger partial charge in [0.1, 0.15) is 0 Å². The van der Waals surface area contributed by atoms with Gasteiger partial charge >= 0.3 is 5.97 Å². The fourth-order valence-electron chi connectivity index (χ4n) is 4.60. The van der Waals surface area contributed by atoms with Crippen molar-refractivity contribution in [3.8, 4) is 0 Å². The highest BCUT2D eigenvalue weighted by atomic mass is 32.1. The molecule has 0 atom stereocenters. The van der Waals surface area contributed by atoms with Gasteiger partial charge in [-0.25, -0.2) is 4.79 Å². The van der Waals surface area contributed by atoms with Crippen molar-refractivity contribution >= 4 is 46.5 Å². The molecule has 1 aliphatic heterocycles. The number of hydrogen-bond donors (Lipinski definition) is 2. The first-order valence-electron chi connectivity index (χ1n) is 12.9. The van der Waals surface area contributed by atoms with E-state index in [-0.39, 0.29) is 23.5 Å². The Morgan fingerprint density at radius 1 is 0.846 bits per heavy atom. The Labute approximate surface area is 233 Å². The highest BCUT2D eigenvalue weighted by molar-refractivity contribution is 7.80. The maximum atomic E-state index is 12.9. The van der Waals surface area contributed by atoms with Crippen LogP contribution in [-0.2, 0) is 4.74 Å². The Hall–Kier alpha value is -4.24. The quantitative estimate of drug-likeness (QED) is 0.347. The van der Waals surface area contributed by atoms with Crippen molar-refractivity contribution in [2.24, 2.45) is 0 Å². The minimum atomic E-state index is -0.449. The molecule has 4 rings (SSSR count). The largest absolute Gasteiger partial charge is 0.462 e. The lowest BCUT2D eigenvalue weighted by atomic mass is 10.1. The van der Waals surface area contributed by atoms with E-state index in [1.807, 2.05) is 61.2 Å². The molecule has 0 unspecified atom stereocenters. The van der Waals surface area contributed by atoms with Gasteiger partial charge in [0.2, 0.25) is 0 Å². The summed E-state index contributed by atoms with van der Waals surface area (Å²) in [4.78, 5) is 42.1. The Balaban J connectivity index is 1.50. The number of esters is 1. The van der Waals surface area contributed by atoms with E-state index in [0.717, 1.165) is 16.8 Å². The third-order valence-electron chi connectivity index (χ3n) is 6.40. The van der Waals surface area contributed by atoms with Gasteiger partial charge in [0.15, 0.2) is 5.11 Å². The summed E-state index contributed by atoms with van der Waals surface area (Å²) in [5.74, 6) is -0.771. The first-order chi connectivity index (χ1) is 18.7. The van der Waals surface area contributed by atoms with Crippen molar-refractivity contribution in [2.75, 3.05) is 43.0 Å². The number of thiocarbonyl (C=S) groups is 1. The molecule has 2 N–H and O–H groups in total. The van der Waals surface area contributed by atoms with Crippen LogP contribution in [0, 0.1) is 13.8 Å². The van der Waals surface area contributed by atoms with Crippen LogP contribution in [0.1, 0.15) is 49.1 Å². The normalized spacial score (nSPS) is 13.0. The number of rotatable bonds is 6. The number of piperazine rings is 1. The summed E-state index contributed by atoms with van der Waals surface area (Å²) in [6, 6.07) is 20.0. The molecule has 1 fully saturated rings. The van der Waals surface area contributed by atoms with E-state index in [2.05, 4.69) is 15.5 Å². The second-order valence-electron chi connectivity index (χ2n) is 9.38. The number of nitrogens with one attached hydrogen (secondary N) is 2. The summed E-state index contributed by atoms with van der Waals surface area (Å²) < 4.78 is 5.17. The summed E-state index contributed by atoms with van der Waals surface area (Å²) in [5, 5.41) is 5.95. The van der Waals surface area contributed by atoms with Crippen molar-refractivity contribution in [1.82, 2.24) is 10.2 Å². The standard InChI is InChI=1S/C30H32N4O4S/c1-4-38-29(37)23-10-11-26(33-12-14-34(15-13-33)28(36)22-8-6-5-7-9-22)25(19-23)31-30(39)32-27(35)24-17-20(2)16-21(3)18-24/h5-11,16-19H,4,12-15H2,1-3H3,(H2,31,32,35,39). The van der Waals surface area contributed by atoms with Gasteiger partial charge in [-0.2, -0.15) is 0 Å². The average Bonchev–Trinajstić information content (AvgIpc) is 2.92. The van der Waals surface area contributed by atoms with Gasteiger partial charge in [-0.05, 0) is 75.5 Å². The van der Waals surface area contributed by atoms with E-state index < -0.39 is 5.97 Å². The molecule has 1 aliphatic rings. The van der Waals surface area contributed by atoms with E-state index in [1.165, 1.54) is 0 Å². The molecule has 39 heavy (non-hydrogen) atoms. The smallest absolute Gasteiger partial charge is 0.338 e. The van der Waals surface area contributed by atoms with Crippen LogP contribution in [0.15, 0.2) is 66.7 Å². The number of hydrogen-bond acceptors (Lipinski definition) is 6. The lowest BCUT2D eigenvalue weighted by Gasteiger charge is -2.37. The highest BCUT2D eigenvalue weighted by Gasteiger charge is 2.24. The topological polar surface area (TPSA) is 91.0 Å². The molecule has 0 aliphatic carbocycles. The Morgan fingerprint density at radius 2 is 1.51 bits per heavy atom. The minimum absolute atomic E-state index is 0.00142. The molecular weight excluding hydrogens is 512 g/mol. The van der Waals surface area contributed by atoms with E-state index in [1.54, 1.807) is 31.2 Å². The fourth-order valence-corrected chi connectivity index (χ4v) is 4.80. The molecule has 3 aromatic rings. The van der Waals surface area contributed by atoms with Gasteiger partial charge in [0.25, 0.3) is 11.8 Å². The van der Waals surface area contributed by atoms with Crippen LogP contribution >= 0.6 is 12.2 Å². The minimum Gasteiger partial charge on any atom is -0.462 e. The third-order valence-corrected chi connectivity index (χ3v) is 6.60. The number of carbonyl (C=O) groups excluding carboxylic acids is 3. The summed E-state index contributed by atoms with van der Waals surface area (Å²) >= 11 is 5.48. The molecule has 1 saturated heterocycles. The van der Waals surface area contributed by atoms with Crippen molar-refractivity contribution in [2.45, 2.75) is 20.8 Å². The number of nitrogens with zero attached hydrogens (tertiary/aromatic N) is 2. The molecular formula is C30H32N4O4S. The van der Waals surface area contributed by atoms with E-state index >= 15 is 0 Å². The Morgan fingerprint density at radius 3 is 2.15 bits per heavy atom. The van der Waals surface area contributed by atoms with Gasteiger partial charge in [-0.1, -0.05) is 35.4 Å². The number of carbonyl (C=O) groups is 3. The van der Waals surface area contributed by atoms with Gasteiger partial charge in [0, 0.05) is 37.3 Å². The molecule has 0 bridgehead atoms. The van der Waals surface area contributed by atoms with E-state index in [9.17, 15) is 14.4 Å². The van der Waals surface area contributed by atoms with Gasteiger partial charge in [0.05, 0.1) is 23.5 Å². The molecule has 1 heterocycles. The average molecular weight is 545 g/mol. The zero-order chi connectivity index (χ0) is 27.9. The lowest BCUT2D eigenvalue weighted by molar-refractivity contribution is 0.0526. The zero-order valence-electron chi connectivity index (χ0n) is 22.3. The van der Waals surface area contributed by atoms with Gasteiger partial charge < -0.3 is 19.9 Å². The molecule has 0 radical (unpaired) electrons. The molecule has 0 aromatic heterocycles. The maximum Gasteiger partial charge on any atom is 0.338 e. The SMILES string of the molecule is CCOC(=O)c1ccc(N2CCN(C(=O)c3ccccc3)CC2)c(NC(=S)NC(=O)c2cc(C)cc(C)c2)c1. The van der Waals surface area contributed by atoms with Gasteiger partial charge in [-0.3, -0.25) is 14.9 Å². The molecule has 202 valence electrons. The molecule has 2 amide bonds. The van der Waals surface area contributed by atoms with E-state index in [0.29, 0.717) is 48.6 Å². The lowest BCUT2D eigenvalue weighted by Crippen LogP contribution is -2.49. The molecule has 0 spiro atoms.